The minimum absolute atomic E-state index is 0.0446. The first-order valence-corrected chi connectivity index (χ1v) is 10.8. The number of sulfonamides is 1. The van der Waals surface area contributed by atoms with E-state index in [1.807, 2.05) is 12.1 Å². The lowest BCUT2D eigenvalue weighted by Crippen LogP contribution is -2.47. The van der Waals surface area contributed by atoms with Gasteiger partial charge in [0, 0.05) is 37.3 Å². The second kappa shape index (κ2) is 7.66. The van der Waals surface area contributed by atoms with Crippen LogP contribution in [0, 0.1) is 0 Å². The third kappa shape index (κ3) is 3.68. The average Bonchev–Trinajstić information content (AvgIpc) is 3.04. The molecule has 1 saturated heterocycles. The Morgan fingerprint density at radius 2 is 1.79 bits per heavy atom. The van der Waals surface area contributed by atoms with Crippen LogP contribution in [0.1, 0.15) is 5.56 Å². The van der Waals surface area contributed by atoms with E-state index in [-0.39, 0.29) is 30.1 Å². The van der Waals surface area contributed by atoms with Gasteiger partial charge in [0.2, 0.25) is 16.4 Å². The molecule has 1 fully saturated rings. The van der Waals surface area contributed by atoms with E-state index in [1.165, 1.54) is 25.9 Å². The lowest BCUT2D eigenvalue weighted by molar-refractivity contribution is -0.119. The molecule has 4 rings (SSSR count). The number of hydrogen-bond acceptors (Lipinski definition) is 5. The number of aromatic nitrogens is 1. The predicted molar refractivity (Wildman–Crippen MR) is 107 cm³/mol. The Hall–Kier alpha value is -2.62. The van der Waals surface area contributed by atoms with Crippen molar-refractivity contribution in [3.63, 3.8) is 0 Å². The fraction of sp³-hybridized carbons (Fsp3) is 0.263. The van der Waals surface area contributed by atoms with Crippen LogP contribution in [-0.2, 0) is 21.4 Å². The number of hydrogen-bond donors (Lipinski definition) is 0. The Balaban J connectivity index is 1.66. The van der Waals surface area contributed by atoms with E-state index in [1.54, 1.807) is 18.2 Å². The Morgan fingerprint density at radius 1 is 1.07 bits per heavy atom. The number of halogens is 1. The largest absolute Gasteiger partial charge is 0.420 e. The molecule has 8 nitrogen and oxygen atoms in total. The van der Waals surface area contributed by atoms with Crippen LogP contribution in [0.3, 0.4) is 0 Å². The Kier molecular flexibility index (Phi) is 5.20. The van der Waals surface area contributed by atoms with Gasteiger partial charge in [-0.25, -0.2) is 13.2 Å². The van der Waals surface area contributed by atoms with Gasteiger partial charge in [-0.2, -0.15) is 4.31 Å². The molecule has 10 heteroatoms. The maximum Gasteiger partial charge on any atom is 0.420 e. The highest BCUT2D eigenvalue weighted by atomic mass is 35.5. The molecule has 152 valence electrons. The van der Waals surface area contributed by atoms with E-state index < -0.39 is 15.8 Å². The lowest BCUT2D eigenvalue weighted by atomic mass is 10.2. The molecular formula is C19H18ClN3O5S. The van der Waals surface area contributed by atoms with Crippen LogP contribution in [0.4, 0.5) is 0 Å². The molecule has 0 atom stereocenters. The van der Waals surface area contributed by atoms with Crippen molar-refractivity contribution >= 4 is 39.1 Å². The molecule has 0 radical (unpaired) electrons. The topological polar surface area (TPSA) is 92.8 Å². The first-order chi connectivity index (χ1) is 13.9. The summed E-state index contributed by atoms with van der Waals surface area (Å²) in [5.74, 6) is -0.589. The van der Waals surface area contributed by atoms with Crippen molar-refractivity contribution in [2.24, 2.45) is 0 Å². The van der Waals surface area contributed by atoms with Crippen molar-refractivity contribution in [1.29, 1.82) is 0 Å². The SMILES string of the molecule is O=CN1CCN(S(=O)(=O)c2ccc3c(c2)oc(=O)n3Cc2ccccc2Cl)CC1. The first-order valence-electron chi connectivity index (χ1n) is 8.96. The molecule has 0 bridgehead atoms. The summed E-state index contributed by atoms with van der Waals surface area (Å²) in [4.78, 5) is 24.7. The molecule has 2 heterocycles. The van der Waals surface area contributed by atoms with Crippen LogP contribution in [0.25, 0.3) is 11.1 Å². The molecule has 3 aromatic rings. The molecule has 1 aromatic heterocycles. The van der Waals surface area contributed by atoms with Crippen molar-refractivity contribution < 1.29 is 17.6 Å². The molecular weight excluding hydrogens is 418 g/mol. The highest BCUT2D eigenvalue weighted by molar-refractivity contribution is 7.89. The highest BCUT2D eigenvalue weighted by Gasteiger charge is 2.29. The maximum absolute atomic E-state index is 12.9. The molecule has 1 aliphatic rings. The monoisotopic (exact) mass is 435 g/mol. The van der Waals surface area contributed by atoms with Crippen molar-refractivity contribution in [2.45, 2.75) is 11.4 Å². The number of oxazole rings is 1. The maximum atomic E-state index is 12.9. The zero-order valence-corrected chi connectivity index (χ0v) is 16.9. The Morgan fingerprint density at radius 3 is 2.48 bits per heavy atom. The minimum atomic E-state index is -3.76. The summed E-state index contributed by atoms with van der Waals surface area (Å²) in [5, 5.41) is 0.530. The number of nitrogens with zero attached hydrogens (tertiary/aromatic N) is 3. The summed E-state index contributed by atoms with van der Waals surface area (Å²) >= 11 is 6.18. The number of piperazine rings is 1. The molecule has 1 aliphatic heterocycles. The number of amides is 1. The second-order valence-corrected chi connectivity index (χ2v) is 9.07. The van der Waals surface area contributed by atoms with Gasteiger partial charge in [0.1, 0.15) is 0 Å². The van der Waals surface area contributed by atoms with E-state index in [9.17, 15) is 18.0 Å². The molecule has 0 aliphatic carbocycles. The summed E-state index contributed by atoms with van der Waals surface area (Å²) < 4.78 is 33.9. The van der Waals surface area contributed by atoms with Crippen LogP contribution in [0.15, 0.2) is 56.6 Å². The van der Waals surface area contributed by atoms with E-state index in [4.69, 9.17) is 16.0 Å². The number of rotatable bonds is 5. The zero-order chi connectivity index (χ0) is 20.6. The lowest BCUT2D eigenvalue weighted by Gasteiger charge is -2.31. The summed E-state index contributed by atoms with van der Waals surface area (Å²) in [5.41, 5.74) is 1.43. The standard InChI is InChI=1S/C19H18ClN3O5S/c20-16-4-2-1-3-14(16)12-23-17-6-5-15(11-18(17)28-19(23)25)29(26,27)22-9-7-21(13-24)8-10-22/h1-6,11,13H,7-10,12H2. The summed E-state index contributed by atoms with van der Waals surface area (Å²) in [6.07, 6.45) is 0.715. The van der Waals surface area contributed by atoms with Gasteiger partial charge in [0.25, 0.3) is 0 Å². The van der Waals surface area contributed by atoms with Crippen LogP contribution in [0.2, 0.25) is 5.02 Å². The Labute approximate surface area is 171 Å². The molecule has 1 amide bonds. The molecule has 2 aromatic carbocycles. The zero-order valence-electron chi connectivity index (χ0n) is 15.3. The van der Waals surface area contributed by atoms with E-state index >= 15 is 0 Å². The molecule has 0 spiro atoms. The fourth-order valence-electron chi connectivity index (χ4n) is 3.35. The number of carbonyl (C=O) groups is 1. The van der Waals surface area contributed by atoms with Gasteiger partial charge in [-0.3, -0.25) is 9.36 Å². The number of carbonyl (C=O) groups excluding carboxylic acids is 1. The van der Waals surface area contributed by atoms with Gasteiger partial charge >= 0.3 is 5.76 Å². The van der Waals surface area contributed by atoms with Gasteiger partial charge in [-0.15, -0.1) is 0 Å². The normalized spacial score (nSPS) is 15.7. The quantitative estimate of drug-likeness (QED) is 0.569. The van der Waals surface area contributed by atoms with Crippen LogP contribution in [0.5, 0.6) is 0 Å². The van der Waals surface area contributed by atoms with E-state index in [0.29, 0.717) is 30.0 Å². The number of benzene rings is 2. The number of fused-ring (bicyclic) bond motifs is 1. The third-order valence-corrected chi connectivity index (χ3v) is 7.25. The molecule has 29 heavy (non-hydrogen) atoms. The van der Waals surface area contributed by atoms with Crippen LogP contribution in [-0.4, -0.2) is 54.8 Å². The van der Waals surface area contributed by atoms with Crippen molar-refractivity contribution in [2.75, 3.05) is 26.2 Å². The first kappa shape index (κ1) is 19.7. The van der Waals surface area contributed by atoms with Gasteiger partial charge in [0.05, 0.1) is 17.0 Å². The van der Waals surface area contributed by atoms with Crippen molar-refractivity contribution in [3.8, 4) is 0 Å². The van der Waals surface area contributed by atoms with Gasteiger partial charge in [0.15, 0.2) is 5.58 Å². The minimum Gasteiger partial charge on any atom is -0.408 e. The van der Waals surface area contributed by atoms with E-state index in [0.717, 1.165) is 5.56 Å². The summed E-state index contributed by atoms with van der Waals surface area (Å²) in [6.45, 7) is 1.33. The smallest absolute Gasteiger partial charge is 0.408 e. The van der Waals surface area contributed by atoms with Gasteiger partial charge < -0.3 is 9.32 Å². The second-order valence-electron chi connectivity index (χ2n) is 6.72. The summed E-state index contributed by atoms with van der Waals surface area (Å²) in [6, 6.07) is 11.6. The molecule has 0 unspecified atom stereocenters. The average molecular weight is 436 g/mol. The fourth-order valence-corrected chi connectivity index (χ4v) is 4.99. The van der Waals surface area contributed by atoms with Gasteiger partial charge in [-0.1, -0.05) is 29.8 Å². The molecule has 0 N–H and O–H groups in total. The van der Waals surface area contributed by atoms with Crippen LogP contribution < -0.4 is 5.76 Å². The van der Waals surface area contributed by atoms with Crippen molar-refractivity contribution in [3.05, 3.63) is 63.6 Å². The van der Waals surface area contributed by atoms with E-state index in [2.05, 4.69) is 0 Å². The Bertz CT molecular complexity index is 1230. The highest BCUT2D eigenvalue weighted by Crippen LogP contribution is 2.24. The predicted octanol–water partition coefficient (Wildman–Crippen LogP) is 1.76. The third-order valence-electron chi connectivity index (χ3n) is 4.99. The van der Waals surface area contributed by atoms with Crippen LogP contribution >= 0.6 is 11.6 Å². The molecule has 0 saturated carbocycles. The summed E-state index contributed by atoms with van der Waals surface area (Å²) in [7, 11) is -3.76. The van der Waals surface area contributed by atoms with Crippen molar-refractivity contribution in [1.82, 2.24) is 13.8 Å². The van der Waals surface area contributed by atoms with Gasteiger partial charge in [-0.05, 0) is 23.8 Å².